The monoisotopic (exact) mass is 311 g/mol. The number of aliphatic hydroxyl groups is 1. The molecule has 0 saturated heterocycles. The van der Waals surface area contributed by atoms with Crippen LogP contribution in [-0.4, -0.2) is 19.6 Å². The van der Waals surface area contributed by atoms with E-state index in [1.165, 1.54) is 0 Å². The maximum absolute atomic E-state index is 12.5. The largest absolute Gasteiger partial charge is 0.388 e. The summed E-state index contributed by atoms with van der Waals surface area (Å²) in [4.78, 5) is 0.242. The lowest BCUT2D eigenvalue weighted by Crippen LogP contribution is -2.37. The minimum atomic E-state index is -3.50. The molecule has 118 valence electrons. The molecule has 4 nitrogen and oxygen atoms in total. The van der Waals surface area contributed by atoms with Crippen LogP contribution in [0.2, 0.25) is 0 Å². The van der Waals surface area contributed by atoms with Crippen molar-refractivity contribution >= 4 is 10.0 Å². The Morgan fingerprint density at radius 1 is 1.29 bits per heavy atom. The van der Waals surface area contributed by atoms with Gasteiger partial charge in [0.05, 0.1) is 11.0 Å². The zero-order valence-electron chi connectivity index (χ0n) is 12.7. The fourth-order valence-electron chi connectivity index (χ4n) is 2.79. The quantitative estimate of drug-likeness (QED) is 0.878. The molecule has 1 fully saturated rings. The minimum absolute atomic E-state index is 0.0333. The van der Waals surface area contributed by atoms with E-state index in [4.69, 9.17) is 0 Å². The Bertz CT molecular complexity index is 563. The summed E-state index contributed by atoms with van der Waals surface area (Å²) >= 11 is 0. The van der Waals surface area contributed by atoms with E-state index in [1.807, 2.05) is 6.92 Å². The van der Waals surface area contributed by atoms with Crippen molar-refractivity contribution in [1.82, 2.24) is 4.72 Å². The predicted molar refractivity (Wildman–Crippen MR) is 83.4 cm³/mol. The van der Waals surface area contributed by atoms with Crippen molar-refractivity contribution in [3.63, 3.8) is 0 Å². The second-order valence-corrected chi connectivity index (χ2v) is 7.79. The molecule has 0 spiro atoms. The van der Waals surface area contributed by atoms with Crippen LogP contribution in [0.5, 0.6) is 0 Å². The lowest BCUT2D eigenvalue weighted by molar-refractivity contribution is 0.173. The number of aliphatic hydroxyl groups excluding tert-OH is 1. The summed E-state index contributed by atoms with van der Waals surface area (Å²) in [5.74, 6) is 0.689. The molecule has 2 rings (SSSR count). The molecule has 0 amide bonds. The van der Waals surface area contributed by atoms with Crippen molar-refractivity contribution in [3.8, 4) is 0 Å². The lowest BCUT2D eigenvalue weighted by atomic mass is 9.88. The van der Waals surface area contributed by atoms with Crippen molar-refractivity contribution in [2.75, 3.05) is 0 Å². The molecule has 5 heteroatoms. The molecule has 21 heavy (non-hydrogen) atoms. The van der Waals surface area contributed by atoms with Crippen LogP contribution < -0.4 is 4.72 Å². The maximum atomic E-state index is 12.5. The van der Waals surface area contributed by atoms with E-state index in [0.29, 0.717) is 17.9 Å². The van der Waals surface area contributed by atoms with Gasteiger partial charge in [0, 0.05) is 6.04 Å². The van der Waals surface area contributed by atoms with Crippen molar-refractivity contribution in [2.24, 2.45) is 5.92 Å². The van der Waals surface area contributed by atoms with E-state index in [1.54, 1.807) is 24.3 Å². The van der Waals surface area contributed by atoms with Crippen LogP contribution in [0.15, 0.2) is 29.2 Å². The van der Waals surface area contributed by atoms with Crippen LogP contribution in [0.1, 0.15) is 57.6 Å². The first-order valence-corrected chi connectivity index (χ1v) is 9.21. The number of sulfonamides is 1. The van der Waals surface area contributed by atoms with Gasteiger partial charge >= 0.3 is 0 Å². The zero-order valence-corrected chi connectivity index (χ0v) is 13.6. The normalized spacial score (nSPS) is 24.7. The van der Waals surface area contributed by atoms with Crippen LogP contribution in [0.4, 0.5) is 0 Å². The van der Waals surface area contributed by atoms with Crippen molar-refractivity contribution in [2.45, 2.75) is 63.0 Å². The molecule has 2 N–H and O–H groups in total. The molecule has 1 aromatic rings. The molecule has 1 aliphatic carbocycles. The highest BCUT2D eigenvalue weighted by Crippen LogP contribution is 2.25. The number of hydrogen-bond acceptors (Lipinski definition) is 3. The smallest absolute Gasteiger partial charge is 0.240 e. The third-order valence-corrected chi connectivity index (χ3v) is 5.80. The van der Waals surface area contributed by atoms with Crippen molar-refractivity contribution in [3.05, 3.63) is 29.8 Å². The van der Waals surface area contributed by atoms with E-state index in [0.717, 1.165) is 25.7 Å². The molecule has 1 saturated carbocycles. The van der Waals surface area contributed by atoms with E-state index in [9.17, 15) is 13.5 Å². The molecule has 0 aromatic heterocycles. The lowest BCUT2D eigenvalue weighted by Gasteiger charge is -2.26. The van der Waals surface area contributed by atoms with Gasteiger partial charge in [-0.15, -0.1) is 0 Å². The van der Waals surface area contributed by atoms with E-state index in [2.05, 4.69) is 11.6 Å². The number of hydrogen-bond donors (Lipinski definition) is 2. The fourth-order valence-corrected chi connectivity index (χ4v) is 4.15. The summed E-state index contributed by atoms with van der Waals surface area (Å²) in [6.45, 7) is 4.08. The van der Waals surface area contributed by atoms with Gasteiger partial charge in [-0.05, 0) is 55.7 Å². The predicted octanol–water partition coefficient (Wildman–Crippen LogP) is 2.99. The molecular formula is C16H25NO3S. The van der Waals surface area contributed by atoms with Gasteiger partial charge in [0.25, 0.3) is 0 Å². The Kier molecular flexibility index (Phi) is 5.41. The Balaban J connectivity index is 2.12. The number of benzene rings is 1. The molecule has 1 atom stereocenters. The second-order valence-electron chi connectivity index (χ2n) is 6.07. The average molecular weight is 311 g/mol. The third kappa shape index (κ3) is 4.28. The highest BCUT2D eigenvalue weighted by molar-refractivity contribution is 7.89. The molecular weight excluding hydrogens is 286 g/mol. The van der Waals surface area contributed by atoms with E-state index in [-0.39, 0.29) is 10.9 Å². The molecule has 0 radical (unpaired) electrons. The molecule has 1 unspecified atom stereocenters. The number of rotatable bonds is 5. The average Bonchev–Trinajstić information content (AvgIpc) is 2.49. The van der Waals surface area contributed by atoms with Gasteiger partial charge < -0.3 is 5.11 Å². The topological polar surface area (TPSA) is 66.4 Å². The van der Waals surface area contributed by atoms with Gasteiger partial charge in [-0.1, -0.05) is 26.0 Å². The summed E-state index contributed by atoms with van der Waals surface area (Å²) < 4.78 is 27.7. The van der Waals surface area contributed by atoms with Gasteiger partial charge in [0.15, 0.2) is 0 Å². The van der Waals surface area contributed by atoms with E-state index < -0.39 is 16.1 Å². The SMILES string of the molecule is CCC(O)c1cccc(S(=O)(=O)NC2CCC(C)CC2)c1. The van der Waals surface area contributed by atoms with Crippen LogP contribution >= 0.6 is 0 Å². The van der Waals surface area contributed by atoms with Crippen molar-refractivity contribution in [1.29, 1.82) is 0 Å². The van der Waals surface area contributed by atoms with Gasteiger partial charge in [0.2, 0.25) is 10.0 Å². The summed E-state index contributed by atoms with van der Waals surface area (Å²) in [6, 6.07) is 6.63. The first-order chi connectivity index (χ1) is 9.92. The number of nitrogens with one attached hydrogen (secondary N) is 1. The molecule has 0 heterocycles. The van der Waals surface area contributed by atoms with Crippen LogP contribution in [0, 0.1) is 5.92 Å². The highest BCUT2D eigenvalue weighted by atomic mass is 32.2. The molecule has 1 aromatic carbocycles. The third-order valence-electron chi connectivity index (χ3n) is 4.28. The summed E-state index contributed by atoms with van der Waals surface area (Å²) in [5, 5.41) is 9.85. The van der Waals surface area contributed by atoms with Gasteiger partial charge in [-0.2, -0.15) is 0 Å². The summed E-state index contributed by atoms with van der Waals surface area (Å²) in [6.07, 6.45) is 3.90. The first kappa shape index (κ1) is 16.5. The second kappa shape index (κ2) is 6.90. The Morgan fingerprint density at radius 2 is 1.95 bits per heavy atom. The molecule has 0 aliphatic heterocycles. The molecule has 1 aliphatic rings. The Hall–Kier alpha value is -0.910. The first-order valence-electron chi connectivity index (χ1n) is 7.72. The maximum Gasteiger partial charge on any atom is 0.240 e. The van der Waals surface area contributed by atoms with Crippen LogP contribution in [-0.2, 0) is 10.0 Å². The Labute approximate surface area is 127 Å². The van der Waals surface area contributed by atoms with Crippen LogP contribution in [0.3, 0.4) is 0 Å². The molecule has 0 bridgehead atoms. The minimum Gasteiger partial charge on any atom is -0.388 e. The Morgan fingerprint density at radius 3 is 2.57 bits per heavy atom. The highest BCUT2D eigenvalue weighted by Gasteiger charge is 2.24. The standard InChI is InChI=1S/C16H25NO3S/c1-3-16(18)13-5-4-6-15(11-13)21(19,20)17-14-9-7-12(2)8-10-14/h4-6,11-12,14,16-18H,3,7-10H2,1-2H3. The van der Waals surface area contributed by atoms with Crippen LogP contribution in [0.25, 0.3) is 0 Å². The summed E-state index contributed by atoms with van der Waals surface area (Å²) in [5.41, 5.74) is 0.651. The van der Waals surface area contributed by atoms with Gasteiger partial charge in [-0.3, -0.25) is 0 Å². The summed E-state index contributed by atoms with van der Waals surface area (Å²) in [7, 11) is -3.50. The van der Waals surface area contributed by atoms with Crippen molar-refractivity contribution < 1.29 is 13.5 Å². The van der Waals surface area contributed by atoms with E-state index >= 15 is 0 Å². The van der Waals surface area contributed by atoms with Gasteiger partial charge in [-0.25, -0.2) is 13.1 Å². The zero-order chi connectivity index (χ0) is 15.5. The fraction of sp³-hybridized carbons (Fsp3) is 0.625. The van der Waals surface area contributed by atoms with Gasteiger partial charge in [0.1, 0.15) is 0 Å².